The fourth-order valence-electron chi connectivity index (χ4n) is 1.50. The van der Waals surface area contributed by atoms with E-state index in [0.29, 0.717) is 5.56 Å². The van der Waals surface area contributed by atoms with Crippen molar-refractivity contribution in [3.63, 3.8) is 0 Å². The van der Waals surface area contributed by atoms with E-state index in [-0.39, 0.29) is 18.8 Å². The lowest BCUT2D eigenvalue weighted by Crippen LogP contribution is -2.40. The van der Waals surface area contributed by atoms with Gasteiger partial charge in [-0.25, -0.2) is 0 Å². The highest BCUT2D eigenvalue weighted by Crippen LogP contribution is 2.18. The van der Waals surface area contributed by atoms with E-state index in [0.717, 1.165) is 9.37 Å². The number of alkyl halides is 4. The summed E-state index contributed by atoms with van der Waals surface area (Å²) in [4.78, 5) is 12.6. The highest BCUT2D eigenvalue weighted by molar-refractivity contribution is 9.10. The fraction of sp³-hybridized carbons (Fsp3) is 0.417. The Morgan fingerprint density at radius 2 is 1.84 bits per heavy atom. The molecule has 0 aliphatic rings. The van der Waals surface area contributed by atoms with Crippen molar-refractivity contribution >= 4 is 33.4 Å². The first-order valence-electron chi connectivity index (χ1n) is 5.47. The summed E-state index contributed by atoms with van der Waals surface area (Å²) in [6, 6.07) is 6.85. The van der Waals surface area contributed by atoms with Crippen LogP contribution >= 0.6 is 27.5 Å². The molecule has 0 N–H and O–H groups in total. The van der Waals surface area contributed by atoms with Crippen molar-refractivity contribution in [3.05, 3.63) is 34.3 Å². The van der Waals surface area contributed by atoms with E-state index >= 15 is 0 Å². The number of carbonyl (C=O) groups excluding carboxylic acids is 1. The van der Waals surface area contributed by atoms with Crippen LogP contribution in [0.3, 0.4) is 0 Å². The lowest BCUT2D eigenvalue weighted by Gasteiger charge is -2.23. The molecule has 0 saturated carbocycles. The zero-order valence-corrected chi connectivity index (χ0v) is 12.2. The number of halogens is 5. The minimum atomic E-state index is -4.42. The van der Waals surface area contributed by atoms with Crippen molar-refractivity contribution < 1.29 is 18.0 Å². The normalized spacial score (nSPS) is 11.4. The first-order valence-corrected chi connectivity index (χ1v) is 6.79. The van der Waals surface area contributed by atoms with Crippen molar-refractivity contribution in [1.82, 2.24) is 4.90 Å². The van der Waals surface area contributed by atoms with Crippen LogP contribution in [0.15, 0.2) is 28.7 Å². The van der Waals surface area contributed by atoms with Crippen LogP contribution in [0.1, 0.15) is 5.56 Å². The van der Waals surface area contributed by atoms with Gasteiger partial charge in [0.2, 0.25) is 5.91 Å². The average molecular weight is 359 g/mol. The highest BCUT2D eigenvalue weighted by atomic mass is 79.9. The van der Waals surface area contributed by atoms with Crippen LogP contribution in [0.25, 0.3) is 0 Å². The zero-order chi connectivity index (χ0) is 14.5. The van der Waals surface area contributed by atoms with Gasteiger partial charge in [-0.3, -0.25) is 4.79 Å². The van der Waals surface area contributed by atoms with E-state index in [1.54, 1.807) is 24.3 Å². The molecule has 0 atom stereocenters. The Kier molecular flexibility index (Phi) is 6.13. The number of benzene rings is 1. The van der Waals surface area contributed by atoms with Crippen molar-refractivity contribution in [1.29, 1.82) is 0 Å². The summed E-state index contributed by atoms with van der Waals surface area (Å²) in [5.41, 5.74) is 0.662. The van der Waals surface area contributed by atoms with Gasteiger partial charge >= 0.3 is 6.18 Å². The molecule has 0 aliphatic heterocycles. The van der Waals surface area contributed by atoms with Crippen LogP contribution in [-0.2, 0) is 11.2 Å². The molecular formula is C12H12BrClF3NO. The molecule has 1 amide bonds. The molecule has 0 unspecified atom stereocenters. The molecule has 19 heavy (non-hydrogen) atoms. The van der Waals surface area contributed by atoms with E-state index in [9.17, 15) is 18.0 Å². The van der Waals surface area contributed by atoms with Crippen molar-refractivity contribution in [2.45, 2.75) is 12.6 Å². The SMILES string of the molecule is O=C(Cc1ccc(Br)cc1)N(CCCl)CC(F)(F)F. The Morgan fingerprint density at radius 3 is 2.32 bits per heavy atom. The first-order chi connectivity index (χ1) is 8.81. The van der Waals surface area contributed by atoms with Gasteiger partial charge in [0, 0.05) is 16.9 Å². The van der Waals surface area contributed by atoms with Crippen LogP contribution < -0.4 is 0 Å². The molecule has 1 rings (SSSR count). The Balaban J connectivity index is 2.68. The molecule has 0 spiro atoms. The molecule has 7 heteroatoms. The van der Waals surface area contributed by atoms with Crippen LogP contribution in [0, 0.1) is 0 Å². The zero-order valence-electron chi connectivity index (χ0n) is 9.88. The molecule has 0 fully saturated rings. The van der Waals surface area contributed by atoms with Gasteiger partial charge in [-0.05, 0) is 17.7 Å². The molecule has 0 radical (unpaired) electrons. The van der Waals surface area contributed by atoms with E-state index in [1.807, 2.05) is 0 Å². The smallest absolute Gasteiger partial charge is 0.332 e. The third-order valence-corrected chi connectivity index (χ3v) is 3.04. The highest BCUT2D eigenvalue weighted by Gasteiger charge is 2.32. The number of carbonyl (C=O) groups is 1. The third-order valence-electron chi connectivity index (χ3n) is 2.35. The maximum Gasteiger partial charge on any atom is 0.406 e. The lowest BCUT2D eigenvalue weighted by atomic mass is 10.1. The first kappa shape index (κ1) is 16.3. The second kappa shape index (κ2) is 7.14. The van der Waals surface area contributed by atoms with Gasteiger partial charge in [0.15, 0.2) is 0 Å². The molecule has 1 aromatic rings. The van der Waals surface area contributed by atoms with E-state index in [1.165, 1.54) is 0 Å². The standard InChI is InChI=1S/C12H12BrClF3NO/c13-10-3-1-9(2-4-10)7-11(19)18(6-5-14)8-12(15,16)17/h1-4H,5-8H2. The Hall–Kier alpha value is -0.750. The van der Waals surface area contributed by atoms with E-state index < -0.39 is 18.6 Å². The summed E-state index contributed by atoms with van der Waals surface area (Å²) in [6.45, 7) is -1.38. The number of hydrogen-bond donors (Lipinski definition) is 0. The van der Waals surface area contributed by atoms with Crippen molar-refractivity contribution in [2.24, 2.45) is 0 Å². The van der Waals surface area contributed by atoms with Crippen LogP contribution in [0.5, 0.6) is 0 Å². The lowest BCUT2D eigenvalue weighted by molar-refractivity contribution is -0.160. The van der Waals surface area contributed by atoms with Gasteiger partial charge in [0.25, 0.3) is 0 Å². The second-order valence-corrected chi connectivity index (χ2v) is 5.22. The van der Waals surface area contributed by atoms with Gasteiger partial charge < -0.3 is 4.90 Å². The predicted molar refractivity (Wildman–Crippen MR) is 71.2 cm³/mol. The quantitative estimate of drug-likeness (QED) is 0.736. The topological polar surface area (TPSA) is 20.3 Å². The van der Waals surface area contributed by atoms with Gasteiger partial charge in [0.05, 0.1) is 6.42 Å². The number of hydrogen-bond acceptors (Lipinski definition) is 1. The van der Waals surface area contributed by atoms with Gasteiger partial charge in [-0.15, -0.1) is 11.6 Å². The Bertz CT molecular complexity index is 422. The predicted octanol–water partition coefficient (Wildman–Crippen LogP) is 3.62. The molecule has 0 saturated heterocycles. The summed E-state index contributed by atoms with van der Waals surface area (Å²) in [7, 11) is 0. The summed E-state index contributed by atoms with van der Waals surface area (Å²) in [5, 5.41) is 0. The number of rotatable bonds is 5. The molecule has 106 valence electrons. The average Bonchev–Trinajstić information content (AvgIpc) is 2.30. The summed E-state index contributed by atoms with van der Waals surface area (Å²) in [5.74, 6) is -0.609. The molecule has 0 aliphatic carbocycles. The number of nitrogens with zero attached hydrogens (tertiary/aromatic N) is 1. The second-order valence-electron chi connectivity index (χ2n) is 3.92. The maximum absolute atomic E-state index is 12.3. The van der Waals surface area contributed by atoms with Gasteiger partial charge in [0.1, 0.15) is 6.54 Å². The van der Waals surface area contributed by atoms with Crippen molar-refractivity contribution in [2.75, 3.05) is 19.0 Å². The third kappa shape index (κ3) is 6.29. The van der Waals surface area contributed by atoms with Crippen molar-refractivity contribution in [3.8, 4) is 0 Å². The molecule has 1 aromatic carbocycles. The van der Waals surface area contributed by atoms with E-state index in [2.05, 4.69) is 15.9 Å². The summed E-state index contributed by atoms with van der Waals surface area (Å²) < 4.78 is 37.9. The molecule has 2 nitrogen and oxygen atoms in total. The summed E-state index contributed by atoms with van der Waals surface area (Å²) >= 11 is 8.67. The minimum absolute atomic E-state index is 0.0256. The fourth-order valence-corrected chi connectivity index (χ4v) is 1.97. The molecular weight excluding hydrogens is 346 g/mol. The number of amides is 1. The largest absolute Gasteiger partial charge is 0.406 e. The van der Waals surface area contributed by atoms with E-state index in [4.69, 9.17) is 11.6 Å². The Morgan fingerprint density at radius 1 is 1.26 bits per heavy atom. The van der Waals surface area contributed by atoms with Crippen LogP contribution in [-0.4, -0.2) is 36.0 Å². The van der Waals surface area contributed by atoms with Gasteiger partial charge in [-0.2, -0.15) is 13.2 Å². The molecule has 0 bridgehead atoms. The maximum atomic E-state index is 12.3. The Labute approximate surface area is 122 Å². The van der Waals surface area contributed by atoms with Crippen LogP contribution in [0.4, 0.5) is 13.2 Å². The summed E-state index contributed by atoms with van der Waals surface area (Å²) in [6.07, 6.45) is -4.48. The molecule has 0 heterocycles. The monoisotopic (exact) mass is 357 g/mol. The van der Waals surface area contributed by atoms with Gasteiger partial charge in [-0.1, -0.05) is 28.1 Å². The molecule has 0 aromatic heterocycles. The minimum Gasteiger partial charge on any atom is -0.332 e. The van der Waals surface area contributed by atoms with Crippen LogP contribution in [0.2, 0.25) is 0 Å².